The molecule has 2 aromatic heterocycles. The van der Waals surface area contributed by atoms with E-state index in [1.807, 2.05) is 68.6 Å². The van der Waals surface area contributed by atoms with Crippen molar-refractivity contribution in [1.82, 2.24) is 24.9 Å². The Labute approximate surface area is 227 Å². The van der Waals surface area contributed by atoms with Gasteiger partial charge in [0.2, 0.25) is 0 Å². The number of nitriles is 1. The number of rotatable bonds is 4. The smallest absolute Gasteiger partial charge is 0.252 e. The van der Waals surface area contributed by atoms with E-state index in [2.05, 4.69) is 33.3 Å². The van der Waals surface area contributed by atoms with Crippen LogP contribution in [-0.2, 0) is 13.1 Å². The SMILES string of the molecule is C=CN1CCn2nc(-c3cc(Cl)c4n[nH]c(C)c4c3)c(C(N)=O)c2C1.CC.CNc1ccc(C#N)c(C)c1. The Hall–Kier alpha value is -4.29. The number of aromatic amines is 1. The van der Waals surface area contributed by atoms with Crippen LogP contribution in [-0.4, -0.2) is 44.4 Å². The number of amides is 1. The van der Waals surface area contributed by atoms with Gasteiger partial charge in [-0.1, -0.05) is 32.0 Å². The molecule has 3 heterocycles. The molecule has 4 aromatic rings. The minimum absolute atomic E-state index is 0.433. The molecule has 0 bridgehead atoms. The zero-order chi connectivity index (χ0) is 28.0. The van der Waals surface area contributed by atoms with Crippen LogP contribution < -0.4 is 11.1 Å². The molecule has 1 aliphatic heterocycles. The maximum absolute atomic E-state index is 12.2. The fourth-order valence-corrected chi connectivity index (χ4v) is 4.50. The quantitative estimate of drug-likeness (QED) is 0.323. The number of hydrogen-bond donors (Lipinski definition) is 3. The van der Waals surface area contributed by atoms with Crippen LogP contribution >= 0.6 is 11.6 Å². The van der Waals surface area contributed by atoms with Crippen molar-refractivity contribution in [2.45, 2.75) is 40.8 Å². The molecule has 1 aliphatic rings. The number of nitrogens with two attached hydrogens (primary N) is 1. The van der Waals surface area contributed by atoms with Gasteiger partial charge in [0, 0.05) is 35.9 Å². The molecule has 0 saturated heterocycles. The number of aromatic nitrogens is 4. The molecule has 2 aromatic carbocycles. The van der Waals surface area contributed by atoms with Gasteiger partial charge in [0.15, 0.2) is 0 Å². The van der Waals surface area contributed by atoms with Gasteiger partial charge in [-0.25, -0.2) is 0 Å². The number of primary amides is 1. The molecule has 0 spiro atoms. The lowest BCUT2D eigenvalue weighted by molar-refractivity contribution is 0.0998. The van der Waals surface area contributed by atoms with E-state index in [0.717, 1.165) is 45.7 Å². The number of aryl methyl sites for hydroxylation is 2. The summed E-state index contributed by atoms with van der Waals surface area (Å²) in [5.41, 5.74) is 12.6. The standard InChI is InChI=1S/C17H17ClN6O.C9H10N2.C2H6/c1-3-23-4-5-24-13(8-23)14(17(19)25)15(22-24)10-6-11-9(2)20-21-16(11)12(18)7-10;1-7-5-9(11-2)4-3-8(7)6-10;1-2/h3,6-7H,1,4-5,8H2,2H3,(H2,19,25)(H,20,21);3-5,11H,1-2H3;1-2H3. The molecule has 1 amide bonds. The number of benzene rings is 2. The molecule has 0 fully saturated rings. The first-order chi connectivity index (χ1) is 18.3. The van der Waals surface area contributed by atoms with Crippen molar-refractivity contribution in [3.05, 3.63) is 76.2 Å². The maximum Gasteiger partial charge on any atom is 0.252 e. The molecule has 5 rings (SSSR count). The Morgan fingerprint density at radius 2 is 2.00 bits per heavy atom. The van der Waals surface area contributed by atoms with E-state index >= 15 is 0 Å². The van der Waals surface area contributed by atoms with Crippen molar-refractivity contribution in [3.8, 4) is 17.3 Å². The van der Waals surface area contributed by atoms with Crippen molar-refractivity contribution < 1.29 is 4.79 Å². The molecule has 0 radical (unpaired) electrons. The summed E-state index contributed by atoms with van der Waals surface area (Å²) in [7, 11) is 1.86. The third-order valence-corrected chi connectivity index (χ3v) is 6.51. The van der Waals surface area contributed by atoms with Crippen LogP contribution in [0.4, 0.5) is 5.69 Å². The average molecular weight is 533 g/mol. The number of nitrogens with one attached hydrogen (secondary N) is 2. The number of H-pyrrole nitrogens is 1. The van der Waals surface area contributed by atoms with Crippen LogP contribution in [0.15, 0.2) is 43.1 Å². The van der Waals surface area contributed by atoms with Gasteiger partial charge in [-0.05, 0) is 55.9 Å². The van der Waals surface area contributed by atoms with Crippen LogP contribution in [0.3, 0.4) is 0 Å². The number of halogens is 1. The average Bonchev–Trinajstić information content (AvgIpc) is 3.50. The van der Waals surface area contributed by atoms with Gasteiger partial charge < -0.3 is 16.0 Å². The molecule has 10 heteroatoms. The number of hydrogen-bond acceptors (Lipinski definition) is 6. The largest absolute Gasteiger partial charge is 0.388 e. The molecule has 198 valence electrons. The van der Waals surface area contributed by atoms with Gasteiger partial charge in [-0.3, -0.25) is 14.6 Å². The van der Waals surface area contributed by atoms with E-state index in [0.29, 0.717) is 34.9 Å². The fraction of sp³-hybridized carbons (Fsp3) is 0.286. The first-order valence-electron chi connectivity index (χ1n) is 12.4. The minimum Gasteiger partial charge on any atom is -0.388 e. The van der Waals surface area contributed by atoms with Crippen LogP contribution in [0.2, 0.25) is 5.02 Å². The van der Waals surface area contributed by atoms with Crippen molar-refractivity contribution in [2.24, 2.45) is 5.73 Å². The molecule has 0 unspecified atom stereocenters. The molecule has 38 heavy (non-hydrogen) atoms. The van der Waals surface area contributed by atoms with Gasteiger partial charge in [0.05, 0.1) is 41.0 Å². The molecule has 0 atom stereocenters. The van der Waals surface area contributed by atoms with Crippen molar-refractivity contribution in [1.29, 1.82) is 5.26 Å². The second kappa shape index (κ2) is 12.3. The summed E-state index contributed by atoms with van der Waals surface area (Å²) in [5.74, 6) is -0.498. The van der Waals surface area contributed by atoms with E-state index in [1.54, 1.807) is 12.3 Å². The summed E-state index contributed by atoms with van der Waals surface area (Å²) in [6.45, 7) is 13.7. The summed E-state index contributed by atoms with van der Waals surface area (Å²) in [5, 5.41) is 24.8. The highest BCUT2D eigenvalue weighted by atomic mass is 35.5. The molecule has 9 nitrogen and oxygen atoms in total. The minimum atomic E-state index is -0.498. The van der Waals surface area contributed by atoms with Crippen LogP contribution in [0.5, 0.6) is 0 Å². The molecule has 0 aliphatic carbocycles. The van der Waals surface area contributed by atoms with Gasteiger partial charge >= 0.3 is 0 Å². The second-order valence-electron chi connectivity index (χ2n) is 8.51. The third kappa shape index (κ3) is 5.66. The Morgan fingerprint density at radius 3 is 2.61 bits per heavy atom. The van der Waals surface area contributed by atoms with Gasteiger partial charge in [-0.15, -0.1) is 0 Å². The highest BCUT2D eigenvalue weighted by molar-refractivity contribution is 6.35. The number of nitrogens with zero attached hydrogens (tertiary/aromatic N) is 5. The number of anilines is 1. The third-order valence-electron chi connectivity index (χ3n) is 6.23. The summed E-state index contributed by atoms with van der Waals surface area (Å²) in [6.07, 6.45) is 1.76. The monoisotopic (exact) mass is 532 g/mol. The van der Waals surface area contributed by atoms with E-state index in [4.69, 9.17) is 22.6 Å². The van der Waals surface area contributed by atoms with Crippen LogP contribution in [0, 0.1) is 25.2 Å². The molecular formula is C28H33ClN8O. The van der Waals surface area contributed by atoms with E-state index < -0.39 is 5.91 Å². The van der Waals surface area contributed by atoms with E-state index in [9.17, 15) is 4.79 Å². The first-order valence-corrected chi connectivity index (χ1v) is 12.7. The maximum atomic E-state index is 12.2. The number of carbonyl (C=O) groups excluding carboxylic acids is 1. The number of carbonyl (C=O) groups is 1. The van der Waals surface area contributed by atoms with Crippen LogP contribution in [0.25, 0.3) is 22.2 Å². The summed E-state index contributed by atoms with van der Waals surface area (Å²) in [6, 6.07) is 11.5. The van der Waals surface area contributed by atoms with Gasteiger partial charge in [0.1, 0.15) is 11.2 Å². The van der Waals surface area contributed by atoms with Gasteiger partial charge in [-0.2, -0.15) is 15.5 Å². The topological polar surface area (TPSA) is 129 Å². The Balaban J connectivity index is 0.000000259. The summed E-state index contributed by atoms with van der Waals surface area (Å²) in [4.78, 5) is 14.2. The van der Waals surface area contributed by atoms with Crippen molar-refractivity contribution in [3.63, 3.8) is 0 Å². The lowest BCUT2D eigenvalue weighted by Crippen LogP contribution is -2.31. The normalized spacial score (nSPS) is 11.9. The Morgan fingerprint density at radius 1 is 1.26 bits per heavy atom. The Bertz CT molecular complexity index is 1510. The second-order valence-corrected chi connectivity index (χ2v) is 8.91. The summed E-state index contributed by atoms with van der Waals surface area (Å²) < 4.78 is 1.84. The fourth-order valence-electron chi connectivity index (χ4n) is 4.23. The van der Waals surface area contributed by atoms with E-state index in [1.165, 1.54) is 0 Å². The predicted molar refractivity (Wildman–Crippen MR) is 153 cm³/mol. The molecular weight excluding hydrogens is 500 g/mol. The number of fused-ring (bicyclic) bond motifs is 2. The first kappa shape index (κ1) is 28.3. The zero-order valence-electron chi connectivity index (χ0n) is 22.4. The zero-order valence-corrected chi connectivity index (χ0v) is 23.1. The lowest BCUT2D eigenvalue weighted by Gasteiger charge is -2.26. The molecule has 0 saturated carbocycles. The summed E-state index contributed by atoms with van der Waals surface area (Å²) >= 11 is 6.37. The lowest BCUT2D eigenvalue weighted by atomic mass is 10.0. The van der Waals surface area contributed by atoms with Crippen molar-refractivity contribution >= 4 is 34.1 Å². The highest BCUT2D eigenvalue weighted by Gasteiger charge is 2.27. The van der Waals surface area contributed by atoms with Crippen molar-refractivity contribution in [2.75, 3.05) is 18.9 Å². The van der Waals surface area contributed by atoms with Crippen LogP contribution in [0.1, 0.15) is 46.7 Å². The Kier molecular flexibility index (Phi) is 9.16. The van der Waals surface area contributed by atoms with Gasteiger partial charge in [0.25, 0.3) is 5.91 Å². The van der Waals surface area contributed by atoms with E-state index in [-0.39, 0.29) is 0 Å². The molecule has 4 N–H and O–H groups in total. The highest BCUT2D eigenvalue weighted by Crippen LogP contribution is 2.34. The predicted octanol–water partition coefficient (Wildman–Crippen LogP) is 5.38.